The lowest BCUT2D eigenvalue weighted by Gasteiger charge is -2.30. The van der Waals surface area contributed by atoms with Gasteiger partial charge >= 0.3 is 0 Å². The summed E-state index contributed by atoms with van der Waals surface area (Å²) in [5, 5.41) is 0. The van der Waals surface area contributed by atoms with Crippen molar-refractivity contribution in [1.29, 1.82) is 0 Å². The van der Waals surface area contributed by atoms with Gasteiger partial charge in [-0.05, 0) is 25.0 Å². The lowest BCUT2D eigenvalue weighted by Crippen LogP contribution is -2.43. The van der Waals surface area contributed by atoms with E-state index in [-0.39, 0.29) is 17.7 Å². The first-order valence-corrected chi connectivity index (χ1v) is 6.61. The molecule has 0 radical (unpaired) electrons. The number of hydrogen-bond acceptors (Lipinski definition) is 3. The number of likely N-dealkylation sites (tertiary alicyclic amines) is 1. The Bertz CT molecular complexity index is 446. The van der Waals surface area contributed by atoms with Crippen molar-refractivity contribution in [2.75, 3.05) is 13.1 Å². The Morgan fingerprint density at radius 1 is 1.47 bits per heavy atom. The van der Waals surface area contributed by atoms with Crippen LogP contribution in [0.5, 0.6) is 0 Å². The van der Waals surface area contributed by atoms with Gasteiger partial charge in [-0.15, -0.1) is 11.3 Å². The van der Waals surface area contributed by atoms with Crippen LogP contribution in [0.1, 0.15) is 22.5 Å². The van der Waals surface area contributed by atoms with E-state index in [1.165, 1.54) is 11.3 Å². The number of nitrogens with zero attached hydrogens (tertiary/aromatic N) is 1. The van der Waals surface area contributed by atoms with Crippen molar-refractivity contribution >= 4 is 34.8 Å². The Balaban J connectivity index is 2.07. The van der Waals surface area contributed by atoms with Crippen molar-refractivity contribution < 1.29 is 9.59 Å². The highest BCUT2D eigenvalue weighted by Crippen LogP contribution is 2.25. The number of thiophene rings is 1. The lowest BCUT2D eigenvalue weighted by atomic mass is 9.97. The third-order valence-electron chi connectivity index (χ3n) is 2.89. The number of nitrogens with two attached hydrogens (primary N) is 1. The standard InChI is InChI=1S/C11H13ClN2O2S/c12-9-4-3-8(17-9)11(16)14-5-1-2-7(6-14)10(13)15/h3-4,7H,1-2,5-6H2,(H2,13,15). The Morgan fingerprint density at radius 2 is 2.24 bits per heavy atom. The van der Waals surface area contributed by atoms with Crippen LogP contribution in [-0.4, -0.2) is 29.8 Å². The topological polar surface area (TPSA) is 63.4 Å². The molecule has 0 spiro atoms. The van der Waals surface area contributed by atoms with Gasteiger partial charge in [0.2, 0.25) is 5.91 Å². The molecule has 0 aliphatic carbocycles. The van der Waals surface area contributed by atoms with E-state index in [1.54, 1.807) is 17.0 Å². The van der Waals surface area contributed by atoms with Crippen LogP contribution in [0, 0.1) is 5.92 Å². The summed E-state index contributed by atoms with van der Waals surface area (Å²) < 4.78 is 0.594. The fourth-order valence-electron chi connectivity index (χ4n) is 1.98. The molecule has 0 saturated carbocycles. The van der Waals surface area contributed by atoms with Crippen molar-refractivity contribution in [3.05, 3.63) is 21.3 Å². The van der Waals surface area contributed by atoms with Crippen molar-refractivity contribution in [3.63, 3.8) is 0 Å². The third kappa shape index (κ3) is 2.79. The summed E-state index contributed by atoms with van der Waals surface area (Å²) in [6.45, 7) is 1.10. The van der Waals surface area contributed by atoms with Crippen LogP contribution in [0.15, 0.2) is 12.1 Å². The zero-order valence-corrected chi connectivity index (χ0v) is 10.8. The highest BCUT2D eigenvalue weighted by atomic mass is 35.5. The first-order chi connectivity index (χ1) is 8.08. The van der Waals surface area contributed by atoms with Gasteiger partial charge in [0.05, 0.1) is 15.1 Å². The number of carbonyl (C=O) groups excluding carboxylic acids is 2. The summed E-state index contributed by atoms with van der Waals surface area (Å²) in [6.07, 6.45) is 1.59. The number of rotatable bonds is 2. The van der Waals surface area contributed by atoms with Gasteiger partial charge in [-0.2, -0.15) is 0 Å². The molecular weight excluding hydrogens is 260 g/mol. The predicted molar refractivity (Wildman–Crippen MR) is 67.2 cm³/mol. The van der Waals surface area contributed by atoms with E-state index in [1.807, 2.05) is 0 Å². The van der Waals surface area contributed by atoms with E-state index in [9.17, 15) is 9.59 Å². The number of halogens is 1. The summed E-state index contributed by atoms with van der Waals surface area (Å²) in [7, 11) is 0. The van der Waals surface area contributed by atoms with Gasteiger partial charge in [-0.25, -0.2) is 0 Å². The summed E-state index contributed by atoms with van der Waals surface area (Å²) in [4.78, 5) is 25.5. The van der Waals surface area contributed by atoms with Crippen LogP contribution < -0.4 is 5.73 Å². The fourth-order valence-corrected chi connectivity index (χ4v) is 2.99. The second kappa shape index (κ2) is 5.06. The fraction of sp³-hybridized carbons (Fsp3) is 0.455. The van der Waals surface area contributed by atoms with E-state index in [0.29, 0.717) is 22.3 Å². The van der Waals surface area contributed by atoms with E-state index in [4.69, 9.17) is 17.3 Å². The zero-order chi connectivity index (χ0) is 12.4. The van der Waals surface area contributed by atoms with Crippen molar-refractivity contribution in [2.45, 2.75) is 12.8 Å². The largest absolute Gasteiger partial charge is 0.369 e. The predicted octanol–water partition coefficient (Wildman–Crippen LogP) is 1.74. The van der Waals surface area contributed by atoms with Crippen molar-refractivity contribution in [1.82, 2.24) is 4.90 Å². The minimum atomic E-state index is -0.327. The zero-order valence-electron chi connectivity index (χ0n) is 9.19. The molecule has 2 amide bonds. The Kier molecular flexibility index (Phi) is 3.69. The maximum atomic E-state index is 12.1. The minimum absolute atomic E-state index is 0.0622. The third-order valence-corrected chi connectivity index (χ3v) is 4.11. The minimum Gasteiger partial charge on any atom is -0.369 e. The molecular formula is C11H13ClN2O2S. The molecule has 4 nitrogen and oxygen atoms in total. The second-order valence-electron chi connectivity index (χ2n) is 4.10. The molecule has 2 heterocycles. The van der Waals surface area contributed by atoms with Gasteiger partial charge in [-0.1, -0.05) is 11.6 Å². The normalized spacial score (nSPS) is 20.3. The second-order valence-corrected chi connectivity index (χ2v) is 5.81. The lowest BCUT2D eigenvalue weighted by molar-refractivity contribution is -0.123. The molecule has 17 heavy (non-hydrogen) atoms. The number of primary amides is 1. The average Bonchev–Trinajstić information content (AvgIpc) is 2.75. The Morgan fingerprint density at radius 3 is 2.82 bits per heavy atom. The molecule has 1 aromatic rings. The smallest absolute Gasteiger partial charge is 0.263 e. The Hall–Kier alpha value is -1.07. The van der Waals surface area contributed by atoms with E-state index < -0.39 is 0 Å². The van der Waals surface area contributed by atoms with Crippen LogP contribution in [0.2, 0.25) is 4.34 Å². The first-order valence-electron chi connectivity index (χ1n) is 5.42. The molecule has 6 heteroatoms. The number of hydrogen-bond donors (Lipinski definition) is 1. The maximum absolute atomic E-state index is 12.1. The summed E-state index contributed by atoms with van der Waals surface area (Å²) in [5.41, 5.74) is 5.28. The summed E-state index contributed by atoms with van der Waals surface area (Å²) in [5.74, 6) is -0.609. The van der Waals surface area contributed by atoms with Gasteiger partial charge in [0, 0.05) is 13.1 Å². The quantitative estimate of drug-likeness (QED) is 0.891. The van der Waals surface area contributed by atoms with Gasteiger partial charge in [0.1, 0.15) is 0 Å². The Labute approximate surface area is 108 Å². The van der Waals surface area contributed by atoms with Crippen LogP contribution in [-0.2, 0) is 4.79 Å². The SMILES string of the molecule is NC(=O)C1CCCN(C(=O)c2ccc(Cl)s2)C1. The number of amides is 2. The van der Waals surface area contributed by atoms with Gasteiger partial charge in [0.15, 0.2) is 0 Å². The average molecular weight is 273 g/mol. The molecule has 92 valence electrons. The van der Waals surface area contributed by atoms with Crippen LogP contribution in [0.25, 0.3) is 0 Å². The summed E-state index contributed by atoms with van der Waals surface area (Å²) in [6, 6.07) is 3.41. The molecule has 1 unspecified atom stereocenters. The van der Waals surface area contributed by atoms with E-state index in [0.717, 1.165) is 12.8 Å². The molecule has 2 N–H and O–H groups in total. The molecule has 1 aliphatic rings. The highest BCUT2D eigenvalue weighted by molar-refractivity contribution is 7.17. The van der Waals surface area contributed by atoms with Crippen molar-refractivity contribution in [3.8, 4) is 0 Å². The molecule has 0 bridgehead atoms. The van der Waals surface area contributed by atoms with Crippen LogP contribution in [0.3, 0.4) is 0 Å². The van der Waals surface area contributed by atoms with Gasteiger partial charge < -0.3 is 10.6 Å². The first kappa shape index (κ1) is 12.4. The monoisotopic (exact) mass is 272 g/mol. The maximum Gasteiger partial charge on any atom is 0.263 e. The van der Waals surface area contributed by atoms with Crippen LogP contribution >= 0.6 is 22.9 Å². The molecule has 1 atom stereocenters. The van der Waals surface area contributed by atoms with Gasteiger partial charge in [0.25, 0.3) is 5.91 Å². The molecule has 1 aromatic heterocycles. The summed E-state index contributed by atoms with van der Waals surface area (Å²) >= 11 is 7.05. The number of carbonyl (C=O) groups is 2. The molecule has 1 aliphatic heterocycles. The molecule has 1 saturated heterocycles. The molecule has 1 fully saturated rings. The van der Waals surface area contributed by atoms with Gasteiger partial charge in [-0.3, -0.25) is 9.59 Å². The molecule has 0 aromatic carbocycles. The van der Waals surface area contributed by atoms with E-state index >= 15 is 0 Å². The highest BCUT2D eigenvalue weighted by Gasteiger charge is 2.28. The van der Waals surface area contributed by atoms with E-state index in [2.05, 4.69) is 0 Å². The number of piperidine rings is 1. The molecule has 2 rings (SSSR count). The van der Waals surface area contributed by atoms with Crippen LogP contribution in [0.4, 0.5) is 0 Å². The van der Waals surface area contributed by atoms with Crippen molar-refractivity contribution in [2.24, 2.45) is 11.7 Å².